The largest absolute Gasteiger partial charge is 0.447 e. The number of rotatable bonds is 4. The molecule has 2 N–H and O–H groups in total. The second-order valence-electron chi connectivity index (χ2n) is 4.68. The van der Waals surface area contributed by atoms with Gasteiger partial charge in [0.15, 0.2) is 0 Å². The van der Waals surface area contributed by atoms with E-state index in [0.717, 1.165) is 18.4 Å². The second kappa shape index (κ2) is 4.84. The standard InChI is InChI=1S/C11H19NO3/c13-3-4-15-11(14)12-7-10-6-8-1-2-9(10)5-8/h8-10,13H,1-7H2,(H,12,14). The summed E-state index contributed by atoms with van der Waals surface area (Å²) in [6.07, 6.45) is 4.95. The lowest BCUT2D eigenvalue weighted by molar-refractivity contribution is 0.117. The van der Waals surface area contributed by atoms with Gasteiger partial charge in [0.25, 0.3) is 0 Å². The van der Waals surface area contributed by atoms with Crippen LogP contribution >= 0.6 is 0 Å². The van der Waals surface area contributed by atoms with Crippen LogP contribution in [-0.4, -0.2) is 31.0 Å². The van der Waals surface area contributed by atoms with E-state index in [1.807, 2.05) is 0 Å². The van der Waals surface area contributed by atoms with Gasteiger partial charge in [0, 0.05) is 6.54 Å². The summed E-state index contributed by atoms with van der Waals surface area (Å²) < 4.78 is 4.73. The van der Waals surface area contributed by atoms with Crippen LogP contribution < -0.4 is 5.32 Å². The summed E-state index contributed by atoms with van der Waals surface area (Å²) in [6, 6.07) is 0. The quantitative estimate of drug-likeness (QED) is 0.736. The molecule has 1 amide bonds. The minimum absolute atomic E-state index is 0.0859. The van der Waals surface area contributed by atoms with E-state index in [0.29, 0.717) is 5.92 Å². The average Bonchev–Trinajstić information content (AvgIpc) is 2.84. The molecule has 2 rings (SSSR count). The zero-order valence-electron chi connectivity index (χ0n) is 8.95. The fraction of sp³-hybridized carbons (Fsp3) is 0.909. The van der Waals surface area contributed by atoms with Crippen LogP contribution in [0.1, 0.15) is 25.7 Å². The van der Waals surface area contributed by atoms with E-state index in [2.05, 4.69) is 5.32 Å². The fourth-order valence-electron chi connectivity index (χ4n) is 3.03. The van der Waals surface area contributed by atoms with E-state index in [1.54, 1.807) is 0 Å². The first kappa shape index (κ1) is 10.7. The summed E-state index contributed by atoms with van der Waals surface area (Å²) in [5.74, 6) is 2.40. The predicted molar refractivity (Wildman–Crippen MR) is 55.4 cm³/mol. The fourth-order valence-corrected chi connectivity index (χ4v) is 3.03. The Balaban J connectivity index is 1.64. The third-order valence-corrected chi connectivity index (χ3v) is 3.72. The normalized spacial score (nSPS) is 33.0. The molecule has 0 radical (unpaired) electrons. The minimum atomic E-state index is -0.396. The van der Waals surface area contributed by atoms with Gasteiger partial charge in [-0.05, 0) is 37.0 Å². The van der Waals surface area contributed by atoms with Crippen molar-refractivity contribution in [2.24, 2.45) is 17.8 Å². The number of nitrogens with one attached hydrogen (secondary N) is 1. The van der Waals surface area contributed by atoms with Crippen LogP contribution in [0.4, 0.5) is 4.79 Å². The predicted octanol–water partition coefficient (Wildman–Crippen LogP) is 1.14. The molecule has 86 valence electrons. The van der Waals surface area contributed by atoms with Gasteiger partial charge in [-0.1, -0.05) is 6.42 Å². The van der Waals surface area contributed by atoms with Crippen LogP contribution in [0.5, 0.6) is 0 Å². The second-order valence-corrected chi connectivity index (χ2v) is 4.68. The van der Waals surface area contributed by atoms with Crippen LogP contribution in [0.2, 0.25) is 0 Å². The molecule has 3 atom stereocenters. The highest BCUT2D eigenvalue weighted by Crippen LogP contribution is 2.47. The molecule has 0 aromatic rings. The van der Waals surface area contributed by atoms with Crippen LogP contribution in [-0.2, 0) is 4.74 Å². The number of aliphatic hydroxyl groups excluding tert-OH is 1. The molecule has 3 unspecified atom stereocenters. The Hall–Kier alpha value is -0.770. The maximum atomic E-state index is 11.1. The van der Waals surface area contributed by atoms with Crippen LogP contribution in [0.25, 0.3) is 0 Å². The number of fused-ring (bicyclic) bond motifs is 2. The number of hydrogen-bond acceptors (Lipinski definition) is 3. The number of hydrogen-bond donors (Lipinski definition) is 2. The Morgan fingerprint density at radius 3 is 2.87 bits per heavy atom. The highest BCUT2D eigenvalue weighted by atomic mass is 16.6. The van der Waals surface area contributed by atoms with Crippen LogP contribution in [0, 0.1) is 17.8 Å². The third-order valence-electron chi connectivity index (χ3n) is 3.72. The maximum absolute atomic E-state index is 11.1. The summed E-state index contributed by atoms with van der Waals surface area (Å²) in [5, 5.41) is 11.2. The van der Waals surface area contributed by atoms with Crippen molar-refractivity contribution in [3.8, 4) is 0 Å². The van der Waals surface area contributed by atoms with Gasteiger partial charge in [-0.15, -0.1) is 0 Å². The lowest BCUT2D eigenvalue weighted by Gasteiger charge is -2.21. The monoisotopic (exact) mass is 213 g/mol. The van der Waals surface area contributed by atoms with Crippen molar-refractivity contribution >= 4 is 6.09 Å². The van der Waals surface area contributed by atoms with Gasteiger partial charge < -0.3 is 15.2 Å². The molecular weight excluding hydrogens is 194 g/mol. The van der Waals surface area contributed by atoms with Gasteiger partial charge in [-0.3, -0.25) is 0 Å². The molecule has 0 saturated heterocycles. The first-order valence-corrected chi connectivity index (χ1v) is 5.81. The summed E-state index contributed by atoms with van der Waals surface area (Å²) in [5.41, 5.74) is 0. The SMILES string of the molecule is O=C(NCC1CC2CCC1C2)OCCO. The molecule has 2 bridgehead atoms. The van der Waals surface area contributed by atoms with E-state index in [9.17, 15) is 4.79 Å². The number of alkyl carbamates (subject to hydrolysis) is 1. The molecule has 0 heterocycles. The summed E-state index contributed by atoms with van der Waals surface area (Å²) in [7, 11) is 0. The van der Waals surface area contributed by atoms with Crippen molar-refractivity contribution in [2.45, 2.75) is 25.7 Å². The van der Waals surface area contributed by atoms with Crippen LogP contribution in [0.15, 0.2) is 0 Å². The Labute approximate surface area is 90.0 Å². The van der Waals surface area contributed by atoms with E-state index in [4.69, 9.17) is 9.84 Å². The van der Waals surface area contributed by atoms with Crippen molar-refractivity contribution in [2.75, 3.05) is 19.8 Å². The Morgan fingerprint density at radius 1 is 1.40 bits per heavy atom. The lowest BCUT2D eigenvalue weighted by atomic mass is 9.89. The number of carbonyl (C=O) groups excluding carboxylic acids is 1. The number of aliphatic hydroxyl groups is 1. The van der Waals surface area contributed by atoms with E-state index >= 15 is 0 Å². The molecule has 0 aromatic heterocycles. The molecule has 2 fully saturated rings. The molecule has 0 aromatic carbocycles. The molecule has 0 spiro atoms. The first-order valence-electron chi connectivity index (χ1n) is 5.81. The maximum Gasteiger partial charge on any atom is 0.407 e. The lowest BCUT2D eigenvalue weighted by Crippen LogP contribution is -2.32. The van der Waals surface area contributed by atoms with Crippen molar-refractivity contribution in [3.63, 3.8) is 0 Å². The first-order chi connectivity index (χ1) is 7.29. The molecule has 2 saturated carbocycles. The number of amides is 1. The van der Waals surface area contributed by atoms with E-state index in [1.165, 1.54) is 25.7 Å². The van der Waals surface area contributed by atoms with Gasteiger partial charge in [0.05, 0.1) is 6.61 Å². The molecule has 4 heteroatoms. The van der Waals surface area contributed by atoms with Gasteiger partial charge >= 0.3 is 6.09 Å². The smallest absolute Gasteiger partial charge is 0.407 e. The molecule has 0 aliphatic heterocycles. The average molecular weight is 213 g/mol. The molecule has 15 heavy (non-hydrogen) atoms. The molecule has 2 aliphatic carbocycles. The van der Waals surface area contributed by atoms with E-state index < -0.39 is 6.09 Å². The van der Waals surface area contributed by atoms with Crippen molar-refractivity contribution in [1.29, 1.82) is 0 Å². The number of ether oxygens (including phenoxy) is 1. The zero-order valence-corrected chi connectivity index (χ0v) is 8.95. The Bertz CT molecular complexity index is 232. The molecule has 4 nitrogen and oxygen atoms in total. The van der Waals surface area contributed by atoms with Gasteiger partial charge in [-0.2, -0.15) is 0 Å². The minimum Gasteiger partial charge on any atom is -0.447 e. The zero-order chi connectivity index (χ0) is 10.7. The van der Waals surface area contributed by atoms with Crippen molar-refractivity contribution < 1.29 is 14.6 Å². The summed E-state index contributed by atoms with van der Waals surface area (Å²) >= 11 is 0. The summed E-state index contributed by atoms with van der Waals surface area (Å²) in [4.78, 5) is 11.1. The van der Waals surface area contributed by atoms with E-state index in [-0.39, 0.29) is 13.2 Å². The van der Waals surface area contributed by atoms with Crippen molar-refractivity contribution in [1.82, 2.24) is 5.32 Å². The van der Waals surface area contributed by atoms with Gasteiger partial charge in [-0.25, -0.2) is 4.79 Å². The Morgan fingerprint density at radius 2 is 2.27 bits per heavy atom. The van der Waals surface area contributed by atoms with Crippen molar-refractivity contribution in [3.05, 3.63) is 0 Å². The Kier molecular flexibility index (Phi) is 3.46. The van der Waals surface area contributed by atoms with Gasteiger partial charge in [0.1, 0.15) is 6.61 Å². The molecule has 2 aliphatic rings. The third kappa shape index (κ3) is 2.62. The summed E-state index contributed by atoms with van der Waals surface area (Å²) in [6.45, 7) is 0.718. The van der Waals surface area contributed by atoms with Gasteiger partial charge in [0.2, 0.25) is 0 Å². The highest BCUT2D eigenvalue weighted by molar-refractivity contribution is 5.67. The highest BCUT2D eigenvalue weighted by Gasteiger charge is 2.39. The van der Waals surface area contributed by atoms with Crippen LogP contribution in [0.3, 0.4) is 0 Å². The molecular formula is C11H19NO3. The topological polar surface area (TPSA) is 58.6 Å². The number of carbonyl (C=O) groups is 1.